The number of ether oxygens (including phenoxy) is 3. The maximum atomic E-state index is 11.6. The van der Waals surface area contributed by atoms with Gasteiger partial charge in [-0.1, -0.05) is 6.07 Å². The van der Waals surface area contributed by atoms with Crippen LogP contribution in [-0.4, -0.2) is 39.9 Å². The van der Waals surface area contributed by atoms with Crippen LogP contribution in [0.25, 0.3) is 0 Å². The molecule has 1 rings (SSSR count). The minimum Gasteiger partial charge on any atom is -0.497 e. The van der Waals surface area contributed by atoms with Crippen molar-refractivity contribution in [1.29, 1.82) is 0 Å². The monoisotopic (exact) mass is 282 g/mol. The maximum absolute atomic E-state index is 11.6. The second-order valence-corrected chi connectivity index (χ2v) is 4.16. The number of hydrogen-bond acceptors (Lipinski definition) is 5. The second-order valence-electron chi connectivity index (χ2n) is 4.16. The number of rotatable bonds is 9. The minimum atomic E-state index is -0.174. The normalized spacial score (nSPS) is 10.2. The first kappa shape index (κ1) is 16.3. The third-order valence-electron chi connectivity index (χ3n) is 2.70. The van der Waals surface area contributed by atoms with E-state index in [1.54, 1.807) is 26.4 Å². The first-order valence-electron chi connectivity index (χ1n) is 6.46. The fourth-order valence-electron chi connectivity index (χ4n) is 1.60. The Kier molecular flexibility index (Phi) is 7.46. The Morgan fingerprint density at radius 2 is 2.15 bits per heavy atom. The molecule has 6 nitrogen and oxygen atoms in total. The van der Waals surface area contributed by atoms with Crippen molar-refractivity contribution in [3.05, 3.63) is 23.8 Å². The number of carbonyl (C=O) groups excluding carboxylic acids is 1. The van der Waals surface area contributed by atoms with Crippen molar-refractivity contribution in [2.24, 2.45) is 5.73 Å². The molecule has 20 heavy (non-hydrogen) atoms. The van der Waals surface area contributed by atoms with E-state index in [4.69, 9.17) is 19.9 Å². The molecule has 1 aromatic carbocycles. The average molecular weight is 282 g/mol. The van der Waals surface area contributed by atoms with Gasteiger partial charge in [0.05, 0.1) is 7.11 Å². The van der Waals surface area contributed by atoms with Crippen molar-refractivity contribution >= 4 is 5.91 Å². The van der Waals surface area contributed by atoms with E-state index in [0.717, 1.165) is 12.0 Å². The average Bonchev–Trinajstić information content (AvgIpc) is 2.49. The van der Waals surface area contributed by atoms with Gasteiger partial charge in [0.25, 0.3) is 5.91 Å². The summed E-state index contributed by atoms with van der Waals surface area (Å²) < 4.78 is 15.5. The summed E-state index contributed by atoms with van der Waals surface area (Å²) in [7, 11) is 3.20. The van der Waals surface area contributed by atoms with Gasteiger partial charge in [-0.15, -0.1) is 0 Å². The molecule has 0 aromatic heterocycles. The van der Waals surface area contributed by atoms with E-state index in [1.807, 2.05) is 6.07 Å². The molecule has 0 aliphatic rings. The van der Waals surface area contributed by atoms with Gasteiger partial charge in [0, 0.05) is 38.4 Å². The highest BCUT2D eigenvalue weighted by molar-refractivity contribution is 5.77. The highest BCUT2D eigenvalue weighted by atomic mass is 16.5. The van der Waals surface area contributed by atoms with E-state index in [9.17, 15) is 4.79 Å². The first-order chi connectivity index (χ1) is 9.71. The van der Waals surface area contributed by atoms with Crippen molar-refractivity contribution in [2.75, 3.05) is 34.0 Å². The summed E-state index contributed by atoms with van der Waals surface area (Å²) in [5.74, 6) is 1.06. The van der Waals surface area contributed by atoms with Gasteiger partial charge in [0.15, 0.2) is 6.61 Å². The van der Waals surface area contributed by atoms with Crippen LogP contribution < -0.4 is 20.5 Å². The molecule has 3 N–H and O–H groups in total. The van der Waals surface area contributed by atoms with E-state index in [2.05, 4.69) is 5.32 Å². The van der Waals surface area contributed by atoms with Crippen LogP contribution in [0.15, 0.2) is 18.2 Å². The van der Waals surface area contributed by atoms with Gasteiger partial charge in [-0.05, 0) is 12.5 Å². The molecule has 112 valence electrons. The fraction of sp³-hybridized carbons (Fsp3) is 0.500. The predicted octanol–water partition coefficient (Wildman–Crippen LogP) is 0.685. The molecule has 6 heteroatoms. The van der Waals surface area contributed by atoms with Gasteiger partial charge < -0.3 is 25.3 Å². The SMILES string of the molecule is COCCCNC(=O)COc1cc(OC)ccc1CN. The summed E-state index contributed by atoms with van der Waals surface area (Å²) in [5, 5.41) is 2.75. The van der Waals surface area contributed by atoms with Crippen molar-refractivity contribution < 1.29 is 19.0 Å². The topological polar surface area (TPSA) is 82.8 Å². The Labute approximate surface area is 119 Å². The minimum absolute atomic E-state index is 0.0485. The summed E-state index contributed by atoms with van der Waals surface area (Å²) in [6.45, 7) is 1.48. The van der Waals surface area contributed by atoms with Crippen molar-refractivity contribution in [3.63, 3.8) is 0 Å². The lowest BCUT2D eigenvalue weighted by Gasteiger charge is -2.12. The van der Waals surface area contributed by atoms with Crippen LogP contribution in [0.3, 0.4) is 0 Å². The molecule has 0 saturated carbocycles. The Balaban J connectivity index is 2.45. The number of hydrogen-bond donors (Lipinski definition) is 2. The van der Waals surface area contributed by atoms with Gasteiger partial charge >= 0.3 is 0 Å². The van der Waals surface area contributed by atoms with Crippen LogP contribution in [0, 0.1) is 0 Å². The standard InChI is InChI=1S/C14H22N2O4/c1-18-7-3-6-16-14(17)10-20-13-8-12(19-2)5-4-11(13)9-15/h4-5,8H,3,6-7,9-10,15H2,1-2H3,(H,16,17). The van der Waals surface area contributed by atoms with E-state index in [0.29, 0.717) is 31.2 Å². The van der Waals surface area contributed by atoms with Gasteiger partial charge in [-0.3, -0.25) is 4.79 Å². The van der Waals surface area contributed by atoms with Gasteiger partial charge in [0.1, 0.15) is 11.5 Å². The van der Waals surface area contributed by atoms with Gasteiger partial charge in [-0.2, -0.15) is 0 Å². The molecule has 0 radical (unpaired) electrons. The summed E-state index contributed by atoms with van der Waals surface area (Å²) in [6, 6.07) is 5.35. The Hall–Kier alpha value is -1.79. The molecule has 0 bridgehead atoms. The predicted molar refractivity (Wildman–Crippen MR) is 75.9 cm³/mol. The number of carbonyl (C=O) groups is 1. The molecular weight excluding hydrogens is 260 g/mol. The number of amides is 1. The zero-order valence-corrected chi connectivity index (χ0v) is 12.0. The van der Waals surface area contributed by atoms with Crippen LogP contribution in [0.4, 0.5) is 0 Å². The fourth-order valence-corrected chi connectivity index (χ4v) is 1.60. The molecule has 0 unspecified atom stereocenters. The highest BCUT2D eigenvalue weighted by Gasteiger charge is 2.07. The Bertz CT molecular complexity index is 424. The van der Waals surface area contributed by atoms with Crippen molar-refractivity contribution in [3.8, 4) is 11.5 Å². The van der Waals surface area contributed by atoms with Crippen LogP contribution >= 0.6 is 0 Å². The molecule has 0 heterocycles. The largest absolute Gasteiger partial charge is 0.497 e. The molecule has 1 aromatic rings. The number of nitrogens with two attached hydrogens (primary N) is 1. The summed E-state index contributed by atoms with van der Waals surface area (Å²) in [5.41, 5.74) is 6.46. The third-order valence-corrected chi connectivity index (χ3v) is 2.70. The maximum Gasteiger partial charge on any atom is 0.257 e. The summed E-state index contributed by atoms with van der Waals surface area (Å²) in [4.78, 5) is 11.6. The molecular formula is C14H22N2O4. The summed E-state index contributed by atoms with van der Waals surface area (Å²) in [6.07, 6.45) is 0.773. The molecule has 0 atom stereocenters. The van der Waals surface area contributed by atoms with Gasteiger partial charge in [0.2, 0.25) is 0 Å². The van der Waals surface area contributed by atoms with Crippen LogP contribution in [-0.2, 0) is 16.1 Å². The molecule has 1 amide bonds. The van der Waals surface area contributed by atoms with Gasteiger partial charge in [-0.25, -0.2) is 0 Å². The van der Waals surface area contributed by atoms with E-state index >= 15 is 0 Å². The molecule has 0 saturated heterocycles. The lowest BCUT2D eigenvalue weighted by atomic mass is 10.2. The molecule has 0 aliphatic carbocycles. The number of benzene rings is 1. The molecule has 0 aliphatic heterocycles. The van der Waals surface area contributed by atoms with Crippen LogP contribution in [0.2, 0.25) is 0 Å². The molecule has 0 spiro atoms. The lowest BCUT2D eigenvalue weighted by Crippen LogP contribution is -2.30. The smallest absolute Gasteiger partial charge is 0.257 e. The van der Waals surface area contributed by atoms with Crippen LogP contribution in [0.1, 0.15) is 12.0 Å². The number of methoxy groups -OCH3 is 2. The quantitative estimate of drug-likeness (QED) is 0.651. The zero-order chi connectivity index (χ0) is 14.8. The zero-order valence-electron chi connectivity index (χ0n) is 12.0. The van der Waals surface area contributed by atoms with Crippen molar-refractivity contribution in [2.45, 2.75) is 13.0 Å². The molecule has 0 fully saturated rings. The number of nitrogens with one attached hydrogen (secondary N) is 1. The lowest BCUT2D eigenvalue weighted by molar-refractivity contribution is -0.123. The Morgan fingerprint density at radius 3 is 2.80 bits per heavy atom. The van der Waals surface area contributed by atoms with E-state index < -0.39 is 0 Å². The van der Waals surface area contributed by atoms with Crippen LogP contribution in [0.5, 0.6) is 11.5 Å². The van der Waals surface area contributed by atoms with Crippen molar-refractivity contribution in [1.82, 2.24) is 5.32 Å². The second kappa shape index (κ2) is 9.17. The first-order valence-corrected chi connectivity index (χ1v) is 6.46. The van der Waals surface area contributed by atoms with E-state index in [1.165, 1.54) is 0 Å². The summed E-state index contributed by atoms with van der Waals surface area (Å²) >= 11 is 0. The third kappa shape index (κ3) is 5.46. The Morgan fingerprint density at radius 1 is 1.35 bits per heavy atom. The highest BCUT2D eigenvalue weighted by Crippen LogP contribution is 2.24. The van der Waals surface area contributed by atoms with E-state index in [-0.39, 0.29) is 12.5 Å².